The highest BCUT2D eigenvalue weighted by atomic mass is 79.9. The largest absolute Gasteiger partial charge is 0.388 e. The molecule has 1 atom stereocenters. The van der Waals surface area contributed by atoms with Crippen LogP contribution in [0, 0.1) is 12.7 Å². The highest BCUT2D eigenvalue weighted by Crippen LogP contribution is 2.28. The maximum absolute atomic E-state index is 13.7. The number of aliphatic hydroxyl groups is 1. The first kappa shape index (κ1) is 14.5. The van der Waals surface area contributed by atoms with E-state index >= 15 is 0 Å². The molecule has 0 saturated heterocycles. The molecule has 0 fully saturated rings. The zero-order chi connectivity index (χ0) is 14.2. The molecule has 0 bridgehead atoms. The average molecular weight is 348 g/mol. The van der Waals surface area contributed by atoms with Crippen LogP contribution in [0.5, 0.6) is 0 Å². The molecule has 1 aromatic heterocycles. The van der Waals surface area contributed by atoms with Gasteiger partial charge in [0.05, 0.1) is 22.0 Å². The highest BCUT2D eigenvalue weighted by Gasteiger charge is 2.19. The molecule has 2 aromatic rings. The zero-order valence-corrected chi connectivity index (χ0v) is 12.8. The number of aliphatic hydroxyl groups excluding tert-OH is 1. The van der Waals surface area contributed by atoms with E-state index in [1.54, 1.807) is 17.8 Å². The fourth-order valence-electron chi connectivity index (χ4n) is 1.97. The molecule has 1 aromatic carbocycles. The summed E-state index contributed by atoms with van der Waals surface area (Å²) in [6, 6.07) is 4.26. The van der Waals surface area contributed by atoms with E-state index < -0.39 is 11.9 Å². The third-order valence-corrected chi connectivity index (χ3v) is 4.24. The van der Waals surface area contributed by atoms with Gasteiger partial charge in [-0.25, -0.2) is 4.39 Å². The number of aryl methyl sites for hydroxylation is 2. The third kappa shape index (κ3) is 2.99. The van der Waals surface area contributed by atoms with Gasteiger partial charge in [-0.05, 0) is 35.0 Å². The van der Waals surface area contributed by atoms with Crippen LogP contribution in [-0.4, -0.2) is 14.9 Å². The van der Waals surface area contributed by atoms with Crippen molar-refractivity contribution in [2.45, 2.75) is 19.4 Å². The van der Waals surface area contributed by atoms with Gasteiger partial charge < -0.3 is 5.11 Å². The summed E-state index contributed by atoms with van der Waals surface area (Å²) in [4.78, 5) is 0. The maximum Gasteiger partial charge on any atom is 0.130 e. The molecule has 6 heteroatoms. The Kier molecular flexibility index (Phi) is 4.28. The molecule has 0 amide bonds. The van der Waals surface area contributed by atoms with Gasteiger partial charge in [0.25, 0.3) is 0 Å². The van der Waals surface area contributed by atoms with Crippen LogP contribution in [0.3, 0.4) is 0 Å². The van der Waals surface area contributed by atoms with E-state index in [0.717, 1.165) is 15.9 Å². The Hall–Kier alpha value is -0.910. The van der Waals surface area contributed by atoms with E-state index in [9.17, 15) is 9.50 Å². The van der Waals surface area contributed by atoms with Gasteiger partial charge in [-0.1, -0.05) is 17.7 Å². The van der Waals surface area contributed by atoms with E-state index in [1.807, 2.05) is 6.92 Å². The summed E-state index contributed by atoms with van der Waals surface area (Å²) >= 11 is 9.12. The first-order chi connectivity index (χ1) is 8.90. The standard InChI is InChI=1S/C13H13BrClFN2O/c1-7-13(14)11(18(2)17-7)6-12(19)9-4-3-8(15)5-10(9)16/h3-5,12,19H,6H2,1-2H3. The fraction of sp³-hybridized carbons (Fsp3) is 0.308. The molecule has 102 valence electrons. The Bertz CT molecular complexity index is 615. The maximum atomic E-state index is 13.7. The molecule has 1 heterocycles. The molecule has 3 nitrogen and oxygen atoms in total. The molecule has 19 heavy (non-hydrogen) atoms. The van der Waals surface area contributed by atoms with Crippen LogP contribution in [-0.2, 0) is 13.5 Å². The molecule has 0 aliphatic heterocycles. The first-order valence-corrected chi connectivity index (χ1v) is 6.88. The summed E-state index contributed by atoms with van der Waals surface area (Å²) in [6.07, 6.45) is -0.667. The normalized spacial score (nSPS) is 12.7. The lowest BCUT2D eigenvalue weighted by Crippen LogP contribution is -2.08. The lowest BCUT2D eigenvalue weighted by atomic mass is 10.0. The fourth-order valence-corrected chi connectivity index (χ4v) is 2.62. The molecule has 0 saturated carbocycles. The molecule has 0 radical (unpaired) electrons. The lowest BCUT2D eigenvalue weighted by molar-refractivity contribution is 0.171. The number of hydrogen-bond donors (Lipinski definition) is 1. The number of benzene rings is 1. The SMILES string of the molecule is Cc1nn(C)c(CC(O)c2ccc(Cl)cc2F)c1Br. The number of nitrogens with zero attached hydrogens (tertiary/aromatic N) is 2. The Morgan fingerprint density at radius 1 is 1.53 bits per heavy atom. The predicted octanol–water partition coefficient (Wildman–Crippen LogP) is 3.56. The van der Waals surface area contributed by atoms with E-state index in [2.05, 4.69) is 21.0 Å². The van der Waals surface area contributed by atoms with Crippen molar-refractivity contribution in [3.63, 3.8) is 0 Å². The number of aromatic nitrogens is 2. The summed E-state index contributed by atoms with van der Waals surface area (Å²) in [5.74, 6) is -0.505. The van der Waals surface area contributed by atoms with Crippen LogP contribution in [0.15, 0.2) is 22.7 Å². The zero-order valence-electron chi connectivity index (χ0n) is 10.5. The second-order valence-electron chi connectivity index (χ2n) is 4.36. The van der Waals surface area contributed by atoms with Crippen molar-refractivity contribution in [2.24, 2.45) is 7.05 Å². The molecule has 1 unspecified atom stereocenters. The lowest BCUT2D eigenvalue weighted by Gasteiger charge is -2.13. The van der Waals surface area contributed by atoms with Gasteiger partial charge in [-0.3, -0.25) is 4.68 Å². The van der Waals surface area contributed by atoms with Gasteiger partial charge in [0.2, 0.25) is 0 Å². The van der Waals surface area contributed by atoms with Crippen LogP contribution < -0.4 is 0 Å². The Labute approximate surface area is 124 Å². The van der Waals surface area contributed by atoms with Crippen molar-refractivity contribution < 1.29 is 9.50 Å². The van der Waals surface area contributed by atoms with E-state index in [0.29, 0.717) is 5.02 Å². The Morgan fingerprint density at radius 2 is 2.21 bits per heavy atom. The minimum Gasteiger partial charge on any atom is -0.388 e. The summed E-state index contributed by atoms with van der Waals surface area (Å²) in [7, 11) is 1.79. The topological polar surface area (TPSA) is 38.0 Å². The van der Waals surface area contributed by atoms with E-state index in [1.165, 1.54) is 12.1 Å². The number of rotatable bonds is 3. The van der Waals surface area contributed by atoms with Crippen molar-refractivity contribution >= 4 is 27.5 Å². The monoisotopic (exact) mass is 346 g/mol. The van der Waals surface area contributed by atoms with Crippen molar-refractivity contribution in [1.82, 2.24) is 9.78 Å². The number of hydrogen-bond acceptors (Lipinski definition) is 2. The van der Waals surface area contributed by atoms with Crippen LogP contribution in [0.1, 0.15) is 23.1 Å². The smallest absolute Gasteiger partial charge is 0.130 e. The van der Waals surface area contributed by atoms with Crippen molar-refractivity contribution in [3.8, 4) is 0 Å². The Morgan fingerprint density at radius 3 is 2.74 bits per heavy atom. The van der Waals surface area contributed by atoms with Gasteiger partial charge >= 0.3 is 0 Å². The molecular formula is C13H13BrClFN2O. The molecule has 0 spiro atoms. The molecule has 2 rings (SSSR count). The number of halogens is 3. The van der Waals surface area contributed by atoms with Crippen LogP contribution in [0.2, 0.25) is 5.02 Å². The van der Waals surface area contributed by atoms with Crippen molar-refractivity contribution in [1.29, 1.82) is 0 Å². The molecular weight excluding hydrogens is 335 g/mol. The Balaban J connectivity index is 2.28. The first-order valence-electron chi connectivity index (χ1n) is 5.71. The quantitative estimate of drug-likeness (QED) is 0.922. The van der Waals surface area contributed by atoms with Gasteiger partial charge in [0.1, 0.15) is 5.82 Å². The average Bonchev–Trinajstić information content (AvgIpc) is 2.56. The van der Waals surface area contributed by atoms with Gasteiger partial charge in [0.15, 0.2) is 0 Å². The van der Waals surface area contributed by atoms with Crippen LogP contribution in [0.4, 0.5) is 4.39 Å². The van der Waals surface area contributed by atoms with Crippen LogP contribution >= 0.6 is 27.5 Å². The minimum absolute atomic E-state index is 0.232. The van der Waals surface area contributed by atoms with Crippen LogP contribution in [0.25, 0.3) is 0 Å². The summed E-state index contributed by atoms with van der Waals surface area (Å²) in [5.41, 5.74) is 1.88. The van der Waals surface area contributed by atoms with Gasteiger partial charge in [-0.2, -0.15) is 5.10 Å². The third-order valence-electron chi connectivity index (χ3n) is 2.97. The van der Waals surface area contributed by atoms with Crippen molar-refractivity contribution in [3.05, 3.63) is 50.5 Å². The minimum atomic E-state index is -0.941. The second-order valence-corrected chi connectivity index (χ2v) is 5.58. The van der Waals surface area contributed by atoms with Crippen molar-refractivity contribution in [2.75, 3.05) is 0 Å². The summed E-state index contributed by atoms with van der Waals surface area (Å²) in [6.45, 7) is 1.86. The van der Waals surface area contributed by atoms with E-state index in [4.69, 9.17) is 11.6 Å². The van der Waals surface area contributed by atoms with Gasteiger partial charge in [-0.15, -0.1) is 0 Å². The highest BCUT2D eigenvalue weighted by molar-refractivity contribution is 9.10. The van der Waals surface area contributed by atoms with Gasteiger partial charge in [0, 0.05) is 24.1 Å². The summed E-state index contributed by atoms with van der Waals surface area (Å²) in [5, 5.41) is 14.7. The molecule has 1 N–H and O–H groups in total. The second kappa shape index (κ2) is 5.61. The van der Waals surface area contributed by atoms with E-state index in [-0.39, 0.29) is 12.0 Å². The molecule has 0 aliphatic carbocycles. The molecule has 0 aliphatic rings. The summed E-state index contributed by atoms with van der Waals surface area (Å²) < 4.78 is 16.2. The predicted molar refractivity (Wildman–Crippen MR) is 75.7 cm³/mol.